The highest BCUT2D eigenvalue weighted by Gasteiger charge is 2.25. The van der Waals surface area contributed by atoms with Gasteiger partial charge in [0.2, 0.25) is 0 Å². The molecule has 2 N–H and O–H groups in total. The molecular weight excluding hydrogens is 406 g/mol. The number of hydrogen-bond acceptors (Lipinski definition) is 3. The molecule has 4 nitrogen and oxygen atoms in total. The molecule has 1 saturated carbocycles. The highest BCUT2D eigenvalue weighted by atomic mass is 16.1. The van der Waals surface area contributed by atoms with Crippen LogP contribution in [-0.4, -0.2) is 44.0 Å². The first-order valence-corrected chi connectivity index (χ1v) is 12.3. The fourth-order valence-corrected chi connectivity index (χ4v) is 5.12. The van der Waals surface area contributed by atoms with Crippen molar-refractivity contribution in [3.8, 4) is 0 Å². The van der Waals surface area contributed by atoms with Crippen molar-refractivity contribution in [2.75, 3.05) is 27.2 Å². The Bertz CT molecular complexity index is 1050. The molecule has 3 atom stereocenters. The molecular formula is C29H37N3O. The first-order chi connectivity index (χ1) is 16.0. The maximum Gasteiger partial charge on any atom is 0.251 e. The van der Waals surface area contributed by atoms with Crippen LogP contribution in [0.4, 0.5) is 0 Å². The first kappa shape index (κ1) is 23.5. The predicted molar refractivity (Wildman–Crippen MR) is 138 cm³/mol. The van der Waals surface area contributed by atoms with Gasteiger partial charge in [0.05, 0.1) is 0 Å². The van der Waals surface area contributed by atoms with Crippen molar-refractivity contribution < 1.29 is 4.79 Å². The lowest BCUT2D eigenvalue weighted by molar-refractivity contribution is 0.0951. The second-order valence-corrected chi connectivity index (χ2v) is 9.70. The SMILES string of the molecule is CC(NC1CCCC(c2ccc(C(=O)NCCN(C)C)cc2)C1)c1cccc2ccccc12. The number of fused-ring (bicyclic) bond motifs is 1. The largest absolute Gasteiger partial charge is 0.351 e. The quantitative estimate of drug-likeness (QED) is 0.483. The standard InChI is InChI=1S/C29H37N3O/c1-21(27-13-7-9-23-8-4-5-12-28(23)27)31-26-11-6-10-25(20-26)22-14-16-24(17-15-22)29(33)30-18-19-32(2)3/h4-5,7-9,12-17,21,25-26,31H,6,10-11,18-20H2,1-3H3,(H,30,33). The molecule has 3 unspecified atom stereocenters. The van der Waals surface area contributed by atoms with Crippen molar-refractivity contribution in [3.05, 3.63) is 83.4 Å². The number of nitrogens with zero attached hydrogens (tertiary/aromatic N) is 1. The molecule has 0 radical (unpaired) electrons. The van der Waals surface area contributed by atoms with Gasteiger partial charge in [0.25, 0.3) is 5.91 Å². The molecule has 3 aromatic rings. The average molecular weight is 444 g/mol. The number of hydrogen-bond donors (Lipinski definition) is 2. The molecule has 174 valence electrons. The summed E-state index contributed by atoms with van der Waals surface area (Å²) in [6.07, 6.45) is 4.81. The minimum absolute atomic E-state index is 0.00972. The number of benzene rings is 3. The second-order valence-electron chi connectivity index (χ2n) is 9.70. The molecule has 0 heterocycles. The van der Waals surface area contributed by atoms with E-state index < -0.39 is 0 Å². The van der Waals surface area contributed by atoms with Crippen LogP contribution in [0.15, 0.2) is 66.7 Å². The van der Waals surface area contributed by atoms with Crippen LogP contribution in [0.2, 0.25) is 0 Å². The summed E-state index contributed by atoms with van der Waals surface area (Å²) in [6, 6.07) is 24.3. The van der Waals surface area contributed by atoms with E-state index in [1.807, 2.05) is 26.2 Å². The third-order valence-electron chi connectivity index (χ3n) is 6.94. The number of carbonyl (C=O) groups is 1. The summed E-state index contributed by atoms with van der Waals surface area (Å²) in [7, 11) is 4.02. The van der Waals surface area contributed by atoms with Crippen molar-refractivity contribution >= 4 is 16.7 Å². The third kappa shape index (κ3) is 6.01. The Hall–Kier alpha value is -2.69. The Morgan fingerprint density at radius 3 is 2.55 bits per heavy atom. The predicted octanol–water partition coefficient (Wildman–Crippen LogP) is 5.51. The Kier molecular flexibility index (Phi) is 7.79. The zero-order valence-corrected chi connectivity index (χ0v) is 20.2. The van der Waals surface area contributed by atoms with Gasteiger partial charge in [-0.1, -0.05) is 61.0 Å². The molecule has 4 heteroatoms. The summed E-state index contributed by atoms with van der Waals surface area (Å²) >= 11 is 0. The Morgan fingerprint density at radius 2 is 1.76 bits per heavy atom. The van der Waals surface area contributed by atoms with Gasteiger partial charge in [-0.25, -0.2) is 0 Å². The van der Waals surface area contributed by atoms with Crippen LogP contribution in [0, 0.1) is 0 Å². The number of likely N-dealkylation sites (N-methyl/N-ethyl adjacent to an activating group) is 1. The van der Waals surface area contributed by atoms with Crippen molar-refractivity contribution in [1.82, 2.24) is 15.5 Å². The van der Waals surface area contributed by atoms with Gasteiger partial charge in [-0.3, -0.25) is 4.79 Å². The van der Waals surface area contributed by atoms with E-state index in [2.05, 4.69) is 77.1 Å². The minimum Gasteiger partial charge on any atom is -0.351 e. The van der Waals surface area contributed by atoms with Crippen LogP contribution >= 0.6 is 0 Å². The van der Waals surface area contributed by atoms with Gasteiger partial charge in [0.15, 0.2) is 0 Å². The summed E-state index contributed by atoms with van der Waals surface area (Å²) in [5.74, 6) is 0.553. The second kappa shape index (κ2) is 11.0. The summed E-state index contributed by atoms with van der Waals surface area (Å²) in [6.45, 7) is 3.80. The van der Waals surface area contributed by atoms with Crippen LogP contribution in [0.5, 0.6) is 0 Å². The van der Waals surface area contributed by atoms with Crippen LogP contribution < -0.4 is 10.6 Å². The van der Waals surface area contributed by atoms with Gasteiger partial charge < -0.3 is 15.5 Å². The number of carbonyl (C=O) groups excluding carboxylic acids is 1. The van der Waals surface area contributed by atoms with Crippen LogP contribution in [-0.2, 0) is 0 Å². The van der Waals surface area contributed by atoms with Gasteiger partial charge >= 0.3 is 0 Å². The van der Waals surface area contributed by atoms with E-state index in [1.165, 1.54) is 41.2 Å². The van der Waals surface area contributed by atoms with Gasteiger partial charge in [0.1, 0.15) is 0 Å². The van der Waals surface area contributed by atoms with Crippen molar-refractivity contribution in [2.45, 2.75) is 50.6 Å². The van der Waals surface area contributed by atoms with E-state index in [9.17, 15) is 4.79 Å². The molecule has 33 heavy (non-hydrogen) atoms. The summed E-state index contributed by atoms with van der Waals surface area (Å²) in [5.41, 5.74) is 3.47. The van der Waals surface area contributed by atoms with E-state index in [-0.39, 0.29) is 5.91 Å². The zero-order chi connectivity index (χ0) is 23.2. The van der Waals surface area contributed by atoms with Crippen molar-refractivity contribution in [2.24, 2.45) is 0 Å². The van der Waals surface area contributed by atoms with E-state index in [0.717, 1.165) is 18.5 Å². The molecule has 0 aromatic heterocycles. The van der Waals surface area contributed by atoms with Crippen LogP contribution in [0.3, 0.4) is 0 Å². The maximum absolute atomic E-state index is 12.4. The molecule has 0 spiro atoms. The fourth-order valence-electron chi connectivity index (χ4n) is 5.12. The molecule has 1 amide bonds. The van der Waals surface area contributed by atoms with Gasteiger partial charge in [0, 0.05) is 30.7 Å². The maximum atomic E-state index is 12.4. The lowest BCUT2D eigenvalue weighted by atomic mass is 9.80. The van der Waals surface area contributed by atoms with E-state index in [0.29, 0.717) is 24.5 Å². The highest BCUT2D eigenvalue weighted by Crippen LogP contribution is 2.34. The lowest BCUT2D eigenvalue weighted by Crippen LogP contribution is -2.35. The topological polar surface area (TPSA) is 44.4 Å². The van der Waals surface area contributed by atoms with E-state index in [1.54, 1.807) is 0 Å². The van der Waals surface area contributed by atoms with E-state index >= 15 is 0 Å². The van der Waals surface area contributed by atoms with Crippen LogP contribution in [0.1, 0.15) is 66.1 Å². The van der Waals surface area contributed by atoms with Gasteiger partial charge in [-0.05, 0) is 80.2 Å². The Labute approximate surface area is 198 Å². The fraction of sp³-hybridized carbons (Fsp3) is 0.414. The lowest BCUT2D eigenvalue weighted by Gasteiger charge is -2.32. The molecule has 0 aliphatic heterocycles. The molecule has 0 saturated heterocycles. The van der Waals surface area contributed by atoms with Crippen LogP contribution in [0.25, 0.3) is 10.8 Å². The molecule has 1 aliphatic rings. The Balaban J connectivity index is 1.37. The average Bonchev–Trinajstić information content (AvgIpc) is 2.83. The smallest absolute Gasteiger partial charge is 0.251 e. The first-order valence-electron chi connectivity index (χ1n) is 12.3. The molecule has 1 fully saturated rings. The summed E-state index contributed by atoms with van der Waals surface area (Å²) in [4.78, 5) is 14.4. The Morgan fingerprint density at radius 1 is 1.00 bits per heavy atom. The highest BCUT2D eigenvalue weighted by molar-refractivity contribution is 5.94. The number of nitrogens with one attached hydrogen (secondary N) is 2. The van der Waals surface area contributed by atoms with Crippen molar-refractivity contribution in [3.63, 3.8) is 0 Å². The molecule has 3 aromatic carbocycles. The zero-order valence-electron chi connectivity index (χ0n) is 20.2. The molecule has 1 aliphatic carbocycles. The van der Waals surface area contributed by atoms with Crippen molar-refractivity contribution in [1.29, 1.82) is 0 Å². The molecule has 4 rings (SSSR count). The normalized spacial score (nSPS) is 19.5. The van der Waals surface area contributed by atoms with Gasteiger partial charge in [-0.15, -0.1) is 0 Å². The monoisotopic (exact) mass is 443 g/mol. The van der Waals surface area contributed by atoms with E-state index in [4.69, 9.17) is 0 Å². The summed E-state index contributed by atoms with van der Waals surface area (Å²) in [5, 5.41) is 9.56. The minimum atomic E-state index is 0.00972. The van der Waals surface area contributed by atoms with Gasteiger partial charge in [-0.2, -0.15) is 0 Å². The molecule has 0 bridgehead atoms. The number of amides is 1. The summed E-state index contributed by atoms with van der Waals surface area (Å²) < 4.78 is 0. The third-order valence-corrected chi connectivity index (χ3v) is 6.94. The number of rotatable bonds is 8.